The molecule has 2 rings (SSSR count). The lowest BCUT2D eigenvalue weighted by atomic mass is 10.2. The van der Waals surface area contributed by atoms with Crippen molar-refractivity contribution in [2.45, 2.75) is 18.2 Å². The highest BCUT2D eigenvalue weighted by atomic mass is 35.5. The maximum atomic E-state index is 12.4. The number of amides is 1. The summed E-state index contributed by atoms with van der Waals surface area (Å²) in [5.74, 6) is -0.216. The normalized spacial score (nSPS) is 10.7. The molecule has 0 aliphatic carbocycles. The lowest BCUT2D eigenvalue weighted by Gasteiger charge is -2.09. The molecule has 2 aromatic carbocycles. The summed E-state index contributed by atoms with van der Waals surface area (Å²) in [5, 5.41) is 5.80. The molecule has 0 heterocycles. The third kappa shape index (κ3) is 6.33. The topological polar surface area (TPSA) is 87.3 Å². The Labute approximate surface area is 160 Å². The maximum Gasteiger partial charge on any atom is 0.261 e. The molecule has 0 aliphatic rings. The van der Waals surface area contributed by atoms with Gasteiger partial charge in [0.1, 0.15) is 0 Å². The van der Waals surface area contributed by atoms with Crippen LogP contribution in [0.4, 0.5) is 5.69 Å². The van der Waals surface area contributed by atoms with Crippen LogP contribution in [0.15, 0.2) is 53.4 Å². The number of anilines is 1. The van der Waals surface area contributed by atoms with E-state index in [1.54, 1.807) is 12.1 Å². The minimum absolute atomic E-state index is 0. The molecule has 0 saturated heterocycles. The molecule has 0 radical (unpaired) electrons. The maximum absolute atomic E-state index is 12.4. The Bertz CT molecular complexity index is 807. The van der Waals surface area contributed by atoms with Crippen LogP contribution >= 0.6 is 12.4 Å². The quantitative estimate of drug-likeness (QED) is 0.597. The summed E-state index contributed by atoms with van der Waals surface area (Å²) in [5.41, 5.74) is 1.98. The number of carbonyl (C=O) groups excluding carboxylic acids is 1. The number of aryl methyl sites for hydroxylation is 1. The van der Waals surface area contributed by atoms with Crippen LogP contribution in [0.1, 0.15) is 22.3 Å². The van der Waals surface area contributed by atoms with Crippen LogP contribution in [0.5, 0.6) is 0 Å². The van der Waals surface area contributed by atoms with Gasteiger partial charge in [-0.1, -0.05) is 17.7 Å². The largest absolute Gasteiger partial charge is 0.352 e. The summed E-state index contributed by atoms with van der Waals surface area (Å²) in [6.07, 6.45) is 0.829. The molecule has 0 atom stereocenters. The Kier molecular flexibility index (Phi) is 8.57. The van der Waals surface area contributed by atoms with Gasteiger partial charge in [-0.15, -0.1) is 12.4 Å². The first-order valence-electron chi connectivity index (χ1n) is 8.05. The van der Waals surface area contributed by atoms with Crippen LogP contribution in [-0.4, -0.2) is 34.5 Å². The van der Waals surface area contributed by atoms with Gasteiger partial charge in [0.05, 0.1) is 4.90 Å². The Hall–Kier alpha value is -2.09. The van der Waals surface area contributed by atoms with E-state index in [-0.39, 0.29) is 23.2 Å². The average molecular weight is 398 g/mol. The van der Waals surface area contributed by atoms with E-state index in [9.17, 15) is 13.2 Å². The number of rotatable bonds is 8. The Morgan fingerprint density at radius 3 is 2.15 bits per heavy atom. The van der Waals surface area contributed by atoms with E-state index in [1.165, 1.54) is 24.3 Å². The summed E-state index contributed by atoms with van der Waals surface area (Å²) in [6, 6.07) is 13.0. The van der Waals surface area contributed by atoms with Crippen molar-refractivity contribution in [2.75, 3.05) is 24.9 Å². The average Bonchev–Trinajstić information content (AvgIpc) is 2.60. The van der Waals surface area contributed by atoms with Crippen molar-refractivity contribution in [3.05, 3.63) is 59.7 Å². The molecule has 0 fully saturated rings. The highest BCUT2D eigenvalue weighted by molar-refractivity contribution is 7.92. The molecule has 6 nitrogen and oxygen atoms in total. The van der Waals surface area contributed by atoms with Crippen molar-refractivity contribution in [1.29, 1.82) is 0 Å². The van der Waals surface area contributed by atoms with Crippen LogP contribution in [0, 0.1) is 6.92 Å². The molecule has 26 heavy (non-hydrogen) atoms. The van der Waals surface area contributed by atoms with E-state index in [0.29, 0.717) is 17.8 Å². The Morgan fingerprint density at radius 1 is 0.962 bits per heavy atom. The van der Waals surface area contributed by atoms with E-state index < -0.39 is 10.0 Å². The smallest absolute Gasteiger partial charge is 0.261 e. The van der Waals surface area contributed by atoms with E-state index in [2.05, 4.69) is 15.4 Å². The number of benzene rings is 2. The van der Waals surface area contributed by atoms with Crippen LogP contribution in [-0.2, 0) is 10.0 Å². The highest BCUT2D eigenvalue weighted by Gasteiger charge is 2.15. The van der Waals surface area contributed by atoms with E-state index in [1.807, 2.05) is 26.1 Å². The molecular weight excluding hydrogens is 374 g/mol. The standard InChI is InChI=1S/C18H23N3O3S.ClH/c1-14-4-8-16(9-5-14)21-25(23,24)17-10-6-15(7-11-17)18(22)20-13-3-12-19-2;/h4-11,19,21H,3,12-13H2,1-2H3,(H,20,22);1H. The zero-order chi connectivity index (χ0) is 18.3. The second-order valence-electron chi connectivity index (χ2n) is 5.71. The van der Waals surface area contributed by atoms with Crippen molar-refractivity contribution in [3.8, 4) is 0 Å². The Balaban J connectivity index is 0.00000338. The van der Waals surface area contributed by atoms with Crippen molar-refractivity contribution < 1.29 is 13.2 Å². The van der Waals surface area contributed by atoms with Gasteiger partial charge in [0, 0.05) is 17.8 Å². The monoisotopic (exact) mass is 397 g/mol. The van der Waals surface area contributed by atoms with Gasteiger partial charge in [-0.3, -0.25) is 9.52 Å². The Morgan fingerprint density at radius 2 is 1.58 bits per heavy atom. The number of hydrogen-bond acceptors (Lipinski definition) is 4. The number of sulfonamides is 1. The van der Waals surface area contributed by atoms with Crippen molar-refractivity contribution in [3.63, 3.8) is 0 Å². The van der Waals surface area contributed by atoms with Gasteiger partial charge in [0.2, 0.25) is 0 Å². The lowest BCUT2D eigenvalue weighted by Crippen LogP contribution is -2.26. The summed E-state index contributed by atoms with van der Waals surface area (Å²) < 4.78 is 27.3. The molecule has 142 valence electrons. The molecule has 8 heteroatoms. The number of nitrogens with one attached hydrogen (secondary N) is 3. The van der Waals surface area contributed by atoms with E-state index >= 15 is 0 Å². The molecule has 2 aromatic rings. The number of carbonyl (C=O) groups is 1. The third-order valence-electron chi connectivity index (χ3n) is 3.62. The zero-order valence-electron chi connectivity index (χ0n) is 14.8. The van der Waals surface area contributed by atoms with Gasteiger partial charge in [-0.2, -0.15) is 0 Å². The van der Waals surface area contributed by atoms with Crippen molar-refractivity contribution in [1.82, 2.24) is 10.6 Å². The van der Waals surface area contributed by atoms with E-state index in [4.69, 9.17) is 0 Å². The number of halogens is 1. The predicted octanol–water partition coefficient (Wildman–Crippen LogP) is 2.56. The highest BCUT2D eigenvalue weighted by Crippen LogP contribution is 2.17. The molecule has 0 unspecified atom stereocenters. The molecule has 1 amide bonds. The fourth-order valence-electron chi connectivity index (χ4n) is 2.19. The molecule has 0 saturated carbocycles. The third-order valence-corrected chi connectivity index (χ3v) is 5.02. The first-order valence-corrected chi connectivity index (χ1v) is 9.53. The first kappa shape index (κ1) is 22.0. The summed E-state index contributed by atoms with van der Waals surface area (Å²) in [4.78, 5) is 12.1. The molecule has 0 aromatic heterocycles. The van der Waals surface area contributed by atoms with Gasteiger partial charge < -0.3 is 10.6 Å². The lowest BCUT2D eigenvalue weighted by molar-refractivity contribution is 0.0953. The van der Waals surface area contributed by atoms with Gasteiger partial charge in [-0.05, 0) is 63.3 Å². The second kappa shape index (κ2) is 10.2. The summed E-state index contributed by atoms with van der Waals surface area (Å²) in [6.45, 7) is 3.32. The molecule has 3 N–H and O–H groups in total. The van der Waals surface area contributed by atoms with Gasteiger partial charge >= 0.3 is 0 Å². The van der Waals surface area contributed by atoms with Crippen LogP contribution < -0.4 is 15.4 Å². The predicted molar refractivity (Wildman–Crippen MR) is 107 cm³/mol. The summed E-state index contributed by atoms with van der Waals surface area (Å²) >= 11 is 0. The van der Waals surface area contributed by atoms with Crippen LogP contribution in [0.25, 0.3) is 0 Å². The summed E-state index contributed by atoms with van der Waals surface area (Å²) in [7, 11) is -1.83. The van der Waals surface area contributed by atoms with Crippen LogP contribution in [0.3, 0.4) is 0 Å². The van der Waals surface area contributed by atoms with Crippen molar-refractivity contribution in [2.24, 2.45) is 0 Å². The van der Waals surface area contributed by atoms with E-state index in [0.717, 1.165) is 18.5 Å². The molecule has 0 bridgehead atoms. The fourth-order valence-corrected chi connectivity index (χ4v) is 3.25. The SMILES string of the molecule is CNCCCNC(=O)c1ccc(S(=O)(=O)Nc2ccc(C)cc2)cc1.Cl. The number of hydrogen-bond donors (Lipinski definition) is 3. The van der Waals surface area contributed by atoms with Gasteiger partial charge in [-0.25, -0.2) is 8.42 Å². The molecule has 0 spiro atoms. The van der Waals surface area contributed by atoms with Gasteiger partial charge in [0.15, 0.2) is 0 Å². The van der Waals surface area contributed by atoms with Crippen LogP contribution in [0.2, 0.25) is 0 Å². The minimum Gasteiger partial charge on any atom is -0.352 e. The zero-order valence-corrected chi connectivity index (χ0v) is 16.4. The first-order chi connectivity index (χ1) is 11.9. The van der Waals surface area contributed by atoms with Crippen molar-refractivity contribution >= 4 is 34.0 Å². The fraction of sp³-hybridized carbons (Fsp3) is 0.278. The molecular formula is C18H24ClN3O3S. The molecule has 0 aliphatic heterocycles. The van der Waals surface area contributed by atoms with Gasteiger partial charge in [0.25, 0.3) is 15.9 Å². The second-order valence-corrected chi connectivity index (χ2v) is 7.39. The minimum atomic E-state index is -3.68.